The Kier molecular flexibility index (Phi) is 16.0. The Bertz CT molecular complexity index is 2360. The number of nitrogens with zero attached hydrogens (tertiary/aromatic N) is 2. The summed E-state index contributed by atoms with van der Waals surface area (Å²) in [6.45, 7) is 17.6. The molecule has 11 atom stereocenters. The summed E-state index contributed by atoms with van der Waals surface area (Å²) in [6, 6.07) is 15.2. The number of hydrogen-bond acceptors (Lipinski definition) is 16. The quantitative estimate of drug-likeness (QED) is 0.124. The minimum absolute atomic E-state index is 0.104. The van der Waals surface area contributed by atoms with Crippen LogP contribution >= 0.6 is 0 Å². The summed E-state index contributed by atoms with van der Waals surface area (Å²) in [5.41, 5.74) is -6.99. The van der Waals surface area contributed by atoms with Crippen LogP contribution in [0.5, 0.6) is 0 Å². The molecule has 2 heterocycles. The number of unbranched alkanes of at least 4 members (excludes halogenated alkanes) is 1. The molecule has 3 aliphatic carbocycles. The third-order valence-electron chi connectivity index (χ3n) is 15.7. The van der Waals surface area contributed by atoms with Gasteiger partial charge in [0.25, 0.3) is 0 Å². The van der Waals surface area contributed by atoms with Gasteiger partial charge < -0.3 is 53.2 Å². The lowest BCUT2D eigenvalue weighted by molar-refractivity contribution is -0.347. The number of alkyl carbamates (subject to hydrolysis) is 1. The van der Waals surface area contributed by atoms with Crippen LogP contribution in [0.2, 0.25) is 0 Å². The Morgan fingerprint density at radius 3 is 2.11 bits per heavy atom. The molecule has 2 aromatic carbocycles. The number of rotatable bonds is 14. The van der Waals surface area contributed by atoms with Crippen molar-refractivity contribution < 1.29 is 71.8 Å². The molecular weight excluding hydrogens is 931 g/mol. The van der Waals surface area contributed by atoms with Gasteiger partial charge in [-0.15, -0.1) is 0 Å². The number of fused-ring (bicyclic) bond motifs is 5. The van der Waals surface area contributed by atoms with Crippen molar-refractivity contribution >= 4 is 35.9 Å². The number of aliphatic hydroxyl groups is 1. The number of benzene rings is 2. The second-order valence-corrected chi connectivity index (χ2v) is 21.5. The van der Waals surface area contributed by atoms with Gasteiger partial charge in [0.2, 0.25) is 6.10 Å². The SMILES string of the molecule is CCCCN1CCN(C(=O)O[C@@H](C(=O)O[C@H]2C[C@@]3(O)[C@@H](OC(=O)c4ccccc4)[C@@H]4[C@]5(OC(C)=O)CO[C@@H]5C[C@H](OC)[C@@]4(C)C(=O)[C@H](OC)C(=C2C)C3(C)C)[C@@H](NC(=O)OC(C)(C)C)c2ccccc2)CC1. The number of nitrogens with one attached hydrogen (secondary N) is 1. The van der Waals surface area contributed by atoms with E-state index in [1.54, 1.807) is 109 Å². The number of methoxy groups -OCH3 is 2. The summed E-state index contributed by atoms with van der Waals surface area (Å²) in [5, 5.41) is 16.8. The molecule has 2 aromatic rings. The lowest BCUT2D eigenvalue weighted by Gasteiger charge is -2.67. The van der Waals surface area contributed by atoms with Crippen molar-refractivity contribution in [3.8, 4) is 0 Å². The maximum atomic E-state index is 15.9. The highest BCUT2D eigenvalue weighted by Gasteiger charge is 2.78. The molecular formula is C54H73N3O15. The Labute approximate surface area is 422 Å². The van der Waals surface area contributed by atoms with Crippen LogP contribution in [0.1, 0.15) is 110 Å². The Balaban J connectivity index is 1.37. The number of ketones is 1. The Hall–Kier alpha value is -5.40. The number of ether oxygens (including phenoxy) is 8. The minimum atomic E-state index is -2.28. The predicted molar refractivity (Wildman–Crippen MR) is 260 cm³/mol. The number of hydrogen-bond donors (Lipinski definition) is 2. The van der Waals surface area contributed by atoms with Crippen molar-refractivity contribution in [1.29, 1.82) is 0 Å². The third kappa shape index (κ3) is 10.1. The van der Waals surface area contributed by atoms with Gasteiger partial charge in [0.1, 0.15) is 41.7 Å². The van der Waals surface area contributed by atoms with E-state index >= 15 is 9.59 Å². The highest BCUT2D eigenvalue weighted by atomic mass is 16.6. The molecule has 2 bridgehead atoms. The van der Waals surface area contributed by atoms with E-state index in [2.05, 4.69) is 17.1 Å². The highest BCUT2D eigenvalue weighted by molar-refractivity contribution is 5.94. The largest absolute Gasteiger partial charge is 0.455 e. The van der Waals surface area contributed by atoms with E-state index in [1.807, 2.05) is 0 Å². The van der Waals surface area contributed by atoms with Crippen LogP contribution in [0, 0.1) is 16.7 Å². The molecule has 5 aliphatic rings. The maximum Gasteiger partial charge on any atom is 0.410 e. The van der Waals surface area contributed by atoms with Crippen molar-refractivity contribution in [2.75, 3.05) is 53.6 Å². The molecule has 0 aromatic heterocycles. The van der Waals surface area contributed by atoms with Crippen molar-refractivity contribution in [3.05, 3.63) is 82.9 Å². The zero-order valence-corrected chi connectivity index (χ0v) is 43.5. The molecule has 2 amide bonds. The van der Waals surface area contributed by atoms with Crippen LogP contribution in [-0.2, 0) is 52.3 Å². The van der Waals surface area contributed by atoms with E-state index in [0.29, 0.717) is 37.3 Å². The van der Waals surface area contributed by atoms with Crippen LogP contribution in [0.4, 0.5) is 9.59 Å². The maximum absolute atomic E-state index is 15.9. The topological polar surface area (TPSA) is 215 Å². The molecule has 72 heavy (non-hydrogen) atoms. The van der Waals surface area contributed by atoms with Crippen LogP contribution in [0.15, 0.2) is 71.8 Å². The fourth-order valence-corrected chi connectivity index (χ4v) is 11.9. The first kappa shape index (κ1) is 54.4. The van der Waals surface area contributed by atoms with Crippen molar-refractivity contribution in [3.63, 3.8) is 0 Å². The zero-order chi connectivity index (χ0) is 52.6. The molecule has 2 N–H and O–H groups in total. The molecule has 2 aliphatic heterocycles. The van der Waals surface area contributed by atoms with Gasteiger partial charge in [-0.25, -0.2) is 19.2 Å². The van der Waals surface area contributed by atoms with E-state index in [0.717, 1.165) is 19.4 Å². The molecule has 2 saturated heterocycles. The molecule has 0 spiro atoms. The van der Waals surface area contributed by atoms with E-state index in [4.69, 9.17) is 37.9 Å². The fourth-order valence-electron chi connectivity index (χ4n) is 11.9. The summed E-state index contributed by atoms with van der Waals surface area (Å²) in [4.78, 5) is 90.8. The van der Waals surface area contributed by atoms with Gasteiger partial charge in [-0.2, -0.15) is 0 Å². The number of carbonyl (C=O) groups excluding carboxylic acids is 6. The van der Waals surface area contributed by atoms with Gasteiger partial charge in [-0.05, 0) is 76.4 Å². The smallest absolute Gasteiger partial charge is 0.410 e. The van der Waals surface area contributed by atoms with Crippen LogP contribution in [-0.4, -0.2) is 158 Å². The molecule has 7 rings (SSSR count). The van der Waals surface area contributed by atoms with Crippen LogP contribution < -0.4 is 5.32 Å². The summed E-state index contributed by atoms with van der Waals surface area (Å²) < 4.78 is 49.6. The first-order chi connectivity index (χ1) is 34.0. The first-order valence-corrected chi connectivity index (χ1v) is 25.0. The van der Waals surface area contributed by atoms with E-state index in [-0.39, 0.29) is 24.2 Å². The lowest BCUT2D eigenvalue weighted by atomic mass is 9.44. The summed E-state index contributed by atoms with van der Waals surface area (Å²) >= 11 is 0. The molecule has 0 radical (unpaired) electrons. The lowest BCUT2D eigenvalue weighted by Crippen LogP contribution is -2.82. The van der Waals surface area contributed by atoms with Gasteiger partial charge in [0.05, 0.1) is 29.6 Å². The molecule has 18 nitrogen and oxygen atoms in total. The zero-order valence-electron chi connectivity index (χ0n) is 43.5. The second kappa shape index (κ2) is 21.2. The summed E-state index contributed by atoms with van der Waals surface area (Å²) in [5.74, 6) is -4.53. The fraction of sp³-hybridized carbons (Fsp3) is 0.630. The number of Topliss-reactive ketones (excluding diaryl/α,β-unsaturated/α-hetero) is 1. The molecule has 4 fully saturated rings. The Morgan fingerprint density at radius 1 is 0.917 bits per heavy atom. The van der Waals surface area contributed by atoms with Crippen molar-refractivity contribution in [1.82, 2.24) is 15.1 Å². The molecule has 394 valence electrons. The van der Waals surface area contributed by atoms with Gasteiger partial charge in [0.15, 0.2) is 11.4 Å². The highest BCUT2D eigenvalue weighted by Crippen LogP contribution is 2.65. The average Bonchev–Trinajstić information content (AvgIpc) is 3.33. The second-order valence-electron chi connectivity index (χ2n) is 21.5. The van der Waals surface area contributed by atoms with Gasteiger partial charge in [-0.1, -0.05) is 75.7 Å². The summed E-state index contributed by atoms with van der Waals surface area (Å²) in [6.07, 6.45) is -8.23. The van der Waals surface area contributed by atoms with Gasteiger partial charge in [0, 0.05) is 65.6 Å². The van der Waals surface area contributed by atoms with E-state index in [1.165, 1.54) is 26.0 Å². The minimum Gasteiger partial charge on any atom is -0.455 e. The normalized spacial score (nSPS) is 30.9. The molecule has 0 unspecified atom stereocenters. The van der Waals surface area contributed by atoms with Gasteiger partial charge in [-0.3, -0.25) is 14.5 Å². The molecule has 18 heteroatoms. The standard InChI is InChI=1S/C54H73N3O15/c1-12-13-24-56-25-27-57(28-26-56)49(63)69-42(40(34-20-16-14-17-21-34)55-48(62)72-50(4,5)6)47(61)68-36-30-54(64)45(70-46(60)35-22-18-15-19-23-35)43-52(9,44(59)41(66-11)39(32(36)2)51(54,7)8)37(65-10)29-38-53(43,31-67-38)71-33(3)58/h14-23,36-38,40-43,45,64H,12-13,24-31H2,1-11H3,(H,55,62)/t36-,37-,38+,40-,41+,42+,43-,45-,52+,53-,54+/m0/s1. The monoisotopic (exact) mass is 1000 g/mol. The predicted octanol–water partition coefficient (Wildman–Crippen LogP) is 6.13. The number of carbonyl (C=O) groups is 6. The van der Waals surface area contributed by atoms with Crippen LogP contribution in [0.25, 0.3) is 0 Å². The van der Waals surface area contributed by atoms with Crippen molar-refractivity contribution in [2.24, 2.45) is 16.7 Å². The average molecular weight is 1000 g/mol. The Morgan fingerprint density at radius 2 is 1.56 bits per heavy atom. The number of amides is 2. The third-order valence-corrected chi connectivity index (χ3v) is 15.7. The van der Waals surface area contributed by atoms with E-state index < -0.39 is 119 Å². The number of esters is 3. The first-order valence-electron chi connectivity index (χ1n) is 25.0. The number of piperazine rings is 1. The van der Waals surface area contributed by atoms with E-state index in [9.17, 15) is 24.3 Å². The van der Waals surface area contributed by atoms with Crippen molar-refractivity contribution in [2.45, 2.75) is 147 Å². The molecule has 2 saturated carbocycles. The summed E-state index contributed by atoms with van der Waals surface area (Å²) in [7, 11) is 2.80. The van der Waals surface area contributed by atoms with Gasteiger partial charge >= 0.3 is 30.1 Å². The van der Waals surface area contributed by atoms with Crippen LogP contribution in [0.3, 0.4) is 0 Å².